The van der Waals surface area contributed by atoms with Gasteiger partial charge in [-0.05, 0) is 37.2 Å². The fourth-order valence-corrected chi connectivity index (χ4v) is 8.96. The second kappa shape index (κ2) is 7.69. The fraction of sp³-hybridized carbons (Fsp3) is 0.667. The third kappa shape index (κ3) is 4.16. The Labute approximate surface area is 162 Å². The van der Waals surface area contributed by atoms with Crippen molar-refractivity contribution in [3.05, 3.63) is 23.8 Å². The number of methoxy groups -OCH3 is 1. The quantitative estimate of drug-likeness (QED) is 0.694. The van der Waals surface area contributed by atoms with Gasteiger partial charge in [-0.1, -0.05) is 6.92 Å². The molecule has 0 amide bonds. The maximum absolute atomic E-state index is 13.3. The molecule has 0 aliphatic carbocycles. The van der Waals surface area contributed by atoms with Gasteiger partial charge in [0, 0.05) is 32.2 Å². The summed E-state index contributed by atoms with van der Waals surface area (Å²) in [6.45, 7) is 7.88. The molecule has 1 aromatic carbocycles. The maximum atomic E-state index is 13.3. The van der Waals surface area contributed by atoms with Gasteiger partial charge in [-0.3, -0.25) is 4.90 Å². The number of likely N-dealkylation sites (N-methyl/N-ethyl adjacent to an activating group) is 1. The average Bonchev–Trinajstić information content (AvgIpc) is 2.98. The molecule has 2 atom stereocenters. The molecule has 2 aliphatic heterocycles. The fourth-order valence-electron chi connectivity index (χ4n) is 4.05. The number of nitrogens with zero attached hydrogens (tertiary/aromatic N) is 2. The maximum Gasteiger partial charge on any atom is 0.183 e. The Hall–Kier alpha value is -1.16. The minimum atomic E-state index is -3.76. The second-order valence-electron chi connectivity index (χ2n) is 7.33. The number of piperazine rings is 1. The van der Waals surface area contributed by atoms with Gasteiger partial charge >= 0.3 is 0 Å². The first-order chi connectivity index (χ1) is 12.7. The zero-order valence-corrected chi connectivity index (χ0v) is 17.7. The summed E-state index contributed by atoms with van der Waals surface area (Å²) in [7, 11) is -5.62. The SMILES string of the molecule is CCN1CCN([C@H]2CS(=O)(=O)C[C@@H]2S(=O)(=O)c2ccc(OC)c(C)c2)CC1. The van der Waals surface area contributed by atoms with Crippen LogP contribution < -0.4 is 4.74 Å². The van der Waals surface area contributed by atoms with Gasteiger partial charge in [-0.2, -0.15) is 0 Å². The summed E-state index contributed by atoms with van der Waals surface area (Å²) in [5.74, 6) is 0.220. The molecule has 3 rings (SSSR count). The molecule has 27 heavy (non-hydrogen) atoms. The van der Waals surface area contributed by atoms with Crippen molar-refractivity contribution in [1.29, 1.82) is 0 Å². The molecule has 7 nitrogen and oxygen atoms in total. The summed E-state index contributed by atoms with van der Waals surface area (Å²) in [6, 6.07) is 4.23. The predicted molar refractivity (Wildman–Crippen MR) is 105 cm³/mol. The van der Waals surface area contributed by atoms with Crippen LogP contribution in [0.4, 0.5) is 0 Å². The Morgan fingerprint density at radius 1 is 1.15 bits per heavy atom. The van der Waals surface area contributed by atoms with Crippen LogP contribution in [-0.4, -0.2) is 89.3 Å². The smallest absolute Gasteiger partial charge is 0.183 e. The molecule has 2 aliphatic rings. The van der Waals surface area contributed by atoms with Gasteiger partial charge in [0.1, 0.15) is 5.75 Å². The molecule has 1 aromatic rings. The largest absolute Gasteiger partial charge is 0.496 e. The van der Waals surface area contributed by atoms with E-state index in [1.807, 2.05) is 0 Å². The molecule has 0 N–H and O–H groups in total. The molecule has 0 saturated carbocycles. The monoisotopic (exact) mass is 416 g/mol. The van der Waals surface area contributed by atoms with Crippen LogP contribution in [0.15, 0.2) is 23.1 Å². The molecule has 2 fully saturated rings. The molecular formula is C18H28N2O5S2. The summed E-state index contributed by atoms with van der Waals surface area (Å²) in [5.41, 5.74) is 0.715. The molecule has 152 valence electrons. The average molecular weight is 417 g/mol. The van der Waals surface area contributed by atoms with Crippen LogP contribution in [0, 0.1) is 6.92 Å². The van der Waals surface area contributed by atoms with Gasteiger partial charge in [0.05, 0.1) is 28.8 Å². The molecule has 0 unspecified atom stereocenters. The molecule has 2 saturated heterocycles. The third-order valence-corrected chi connectivity index (χ3v) is 9.80. The molecule has 9 heteroatoms. The lowest BCUT2D eigenvalue weighted by molar-refractivity contribution is 0.109. The summed E-state index contributed by atoms with van der Waals surface area (Å²) in [4.78, 5) is 4.51. The Balaban J connectivity index is 1.91. The van der Waals surface area contributed by atoms with E-state index in [4.69, 9.17) is 4.74 Å². The molecule has 0 spiro atoms. The van der Waals surface area contributed by atoms with E-state index in [-0.39, 0.29) is 16.4 Å². The first-order valence-corrected chi connectivity index (χ1v) is 12.6. The van der Waals surface area contributed by atoms with Crippen molar-refractivity contribution >= 4 is 19.7 Å². The normalized spacial score (nSPS) is 26.9. The molecular weight excluding hydrogens is 388 g/mol. The van der Waals surface area contributed by atoms with Gasteiger partial charge < -0.3 is 9.64 Å². The van der Waals surface area contributed by atoms with Crippen LogP contribution in [0.25, 0.3) is 0 Å². The van der Waals surface area contributed by atoms with E-state index in [9.17, 15) is 16.8 Å². The van der Waals surface area contributed by atoms with Crippen LogP contribution in [0.5, 0.6) is 5.75 Å². The molecule has 2 heterocycles. The van der Waals surface area contributed by atoms with E-state index >= 15 is 0 Å². The van der Waals surface area contributed by atoms with E-state index in [1.54, 1.807) is 19.1 Å². The zero-order valence-electron chi connectivity index (χ0n) is 16.1. The Morgan fingerprint density at radius 2 is 1.81 bits per heavy atom. The minimum Gasteiger partial charge on any atom is -0.496 e. The zero-order chi connectivity index (χ0) is 19.8. The number of rotatable bonds is 5. The number of hydrogen-bond donors (Lipinski definition) is 0. The Morgan fingerprint density at radius 3 is 2.37 bits per heavy atom. The van der Waals surface area contributed by atoms with E-state index in [2.05, 4.69) is 16.7 Å². The number of hydrogen-bond acceptors (Lipinski definition) is 7. The first kappa shape index (κ1) is 20.6. The van der Waals surface area contributed by atoms with Gasteiger partial charge in [-0.25, -0.2) is 16.8 Å². The number of sulfone groups is 2. The predicted octanol–water partition coefficient (Wildman–Crippen LogP) is 0.580. The van der Waals surface area contributed by atoms with Crippen molar-refractivity contribution in [2.24, 2.45) is 0 Å². The highest BCUT2D eigenvalue weighted by Crippen LogP contribution is 2.31. The van der Waals surface area contributed by atoms with Gasteiger partial charge in [-0.15, -0.1) is 0 Å². The Kier molecular flexibility index (Phi) is 5.86. The van der Waals surface area contributed by atoms with Crippen molar-refractivity contribution in [2.75, 3.05) is 51.3 Å². The molecule has 0 radical (unpaired) electrons. The Bertz CT molecular complexity index is 890. The second-order valence-corrected chi connectivity index (χ2v) is 11.7. The van der Waals surface area contributed by atoms with Crippen LogP contribution in [-0.2, 0) is 19.7 Å². The van der Waals surface area contributed by atoms with E-state index in [1.165, 1.54) is 13.2 Å². The number of aryl methyl sites for hydroxylation is 1. The lowest BCUT2D eigenvalue weighted by Crippen LogP contribution is -2.54. The number of ether oxygens (including phenoxy) is 1. The minimum absolute atomic E-state index is 0.0852. The van der Waals surface area contributed by atoms with Crippen molar-refractivity contribution in [1.82, 2.24) is 9.80 Å². The highest BCUT2D eigenvalue weighted by Gasteiger charge is 2.48. The lowest BCUT2D eigenvalue weighted by Gasteiger charge is -2.39. The molecule has 0 bridgehead atoms. The first-order valence-electron chi connectivity index (χ1n) is 9.23. The molecule has 0 aromatic heterocycles. The van der Waals surface area contributed by atoms with Crippen LogP contribution in [0.1, 0.15) is 12.5 Å². The van der Waals surface area contributed by atoms with Gasteiger partial charge in [0.2, 0.25) is 0 Å². The lowest BCUT2D eigenvalue weighted by atomic mass is 10.2. The van der Waals surface area contributed by atoms with Crippen molar-refractivity contribution in [3.8, 4) is 5.75 Å². The van der Waals surface area contributed by atoms with E-state index < -0.39 is 31.0 Å². The van der Waals surface area contributed by atoms with Crippen molar-refractivity contribution in [2.45, 2.75) is 30.0 Å². The van der Waals surface area contributed by atoms with E-state index in [0.29, 0.717) is 24.4 Å². The third-order valence-electron chi connectivity index (χ3n) is 5.69. The van der Waals surface area contributed by atoms with Crippen molar-refractivity contribution < 1.29 is 21.6 Å². The summed E-state index contributed by atoms with van der Waals surface area (Å²) in [5, 5.41) is -0.927. The summed E-state index contributed by atoms with van der Waals surface area (Å²) >= 11 is 0. The van der Waals surface area contributed by atoms with Crippen LogP contribution in [0.3, 0.4) is 0 Å². The van der Waals surface area contributed by atoms with Gasteiger partial charge in [0.15, 0.2) is 19.7 Å². The van der Waals surface area contributed by atoms with E-state index in [0.717, 1.165) is 19.6 Å². The van der Waals surface area contributed by atoms with Crippen LogP contribution >= 0.6 is 0 Å². The van der Waals surface area contributed by atoms with Crippen molar-refractivity contribution in [3.63, 3.8) is 0 Å². The standard InChI is InChI=1S/C18H28N2O5S2/c1-4-19-7-9-20(10-8-19)16-12-26(21,22)13-18(16)27(23,24)15-5-6-17(25-3)14(2)11-15/h5-6,11,16,18H,4,7-10,12-13H2,1-3H3/t16-,18-/m0/s1. The summed E-state index contributed by atoms with van der Waals surface area (Å²) < 4.78 is 56.5. The van der Waals surface area contributed by atoms with Crippen LogP contribution in [0.2, 0.25) is 0 Å². The highest BCUT2D eigenvalue weighted by molar-refractivity contribution is 7.96. The topological polar surface area (TPSA) is 84.0 Å². The summed E-state index contributed by atoms with van der Waals surface area (Å²) in [6.07, 6.45) is 0. The number of benzene rings is 1. The highest BCUT2D eigenvalue weighted by atomic mass is 32.2. The van der Waals surface area contributed by atoms with Gasteiger partial charge in [0.25, 0.3) is 0 Å².